The van der Waals surface area contributed by atoms with Crippen molar-refractivity contribution in [3.05, 3.63) is 46.0 Å². The van der Waals surface area contributed by atoms with Crippen LogP contribution in [0.1, 0.15) is 38.2 Å². The Balaban J connectivity index is 2.51. The standard InChI is InChI=1S/C16H19BrO2/c1-9(2)11-5-4-10(3)8-13(11)12-6-7-14(18)15(17)16(12)19/h6-8,11,13,18-19H,1,4-5H2,2-3H3. The molecule has 0 spiro atoms. The van der Waals surface area contributed by atoms with E-state index in [-0.39, 0.29) is 17.4 Å². The molecule has 0 aromatic heterocycles. The van der Waals surface area contributed by atoms with Gasteiger partial charge in [0.1, 0.15) is 16.0 Å². The van der Waals surface area contributed by atoms with Crippen LogP contribution in [0.15, 0.2) is 40.4 Å². The highest BCUT2D eigenvalue weighted by Gasteiger charge is 2.28. The summed E-state index contributed by atoms with van der Waals surface area (Å²) in [4.78, 5) is 0. The largest absolute Gasteiger partial charge is 0.507 e. The summed E-state index contributed by atoms with van der Waals surface area (Å²) in [5.41, 5.74) is 3.32. The van der Waals surface area contributed by atoms with Crippen LogP contribution in [-0.2, 0) is 0 Å². The van der Waals surface area contributed by atoms with Crippen LogP contribution >= 0.6 is 15.9 Å². The molecule has 0 fully saturated rings. The summed E-state index contributed by atoms with van der Waals surface area (Å²) in [6, 6.07) is 3.41. The van der Waals surface area contributed by atoms with Crippen molar-refractivity contribution in [3.63, 3.8) is 0 Å². The molecule has 0 bridgehead atoms. The summed E-state index contributed by atoms with van der Waals surface area (Å²) in [5, 5.41) is 19.9. The lowest BCUT2D eigenvalue weighted by atomic mass is 9.74. The fourth-order valence-corrected chi connectivity index (χ4v) is 3.13. The minimum atomic E-state index is 0.0598. The summed E-state index contributed by atoms with van der Waals surface area (Å²) < 4.78 is 0.363. The van der Waals surface area contributed by atoms with Crippen molar-refractivity contribution in [2.75, 3.05) is 0 Å². The average molecular weight is 323 g/mol. The predicted octanol–water partition coefficient (Wildman–Crippen LogP) is 4.88. The number of phenolic OH excluding ortho intramolecular Hbond substituents is 2. The van der Waals surface area contributed by atoms with E-state index in [2.05, 4.69) is 35.5 Å². The maximum absolute atomic E-state index is 10.3. The number of allylic oxidation sites excluding steroid dienone is 3. The van der Waals surface area contributed by atoms with Gasteiger partial charge in [-0.1, -0.05) is 29.9 Å². The average Bonchev–Trinajstić information content (AvgIpc) is 2.35. The van der Waals surface area contributed by atoms with Crippen LogP contribution in [0.3, 0.4) is 0 Å². The maximum Gasteiger partial charge on any atom is 0.137 e. The van der Waals surface area contributed by atoms with Crippen molar-refractivity contribution in [2.24, 2.45) is 5.92 Å². The topological polar surface area (TPSA) is 40.5 Å². The maximum atomic E-state index is 10.3. The Kier molecular flexibility index (Phi) is 4.04. The lowest BCUT2D eigenvalue weighted by molar-refractivity contribution is 0.422. The van der Waals surface area contributed by atoms with E-state index in [1.165, 1.54) is 5.57 Å². The summed E-state index contributed by atoms with van der Waals surface area (Å²) in [6.45, 7) is 8.24. The quantitative estimate of drug-likeness (QED) is 0.762. The fourth-order valence-electron chi connectivity index (χ4n) is 2.77. The van der Waals surface area contributed by atoms with Gasteiger partial charge in [-0.25, -0.2) is 0 Å². The van der Waals surface area contributed by atoms with Crippen LogP contribution in [0.2, 0.25) is 0 Å². The molecule has 2 N–H and O–H groups in total. The van der Waals surface area contributed by atoms with Crippen LogP contribution in [0.5, 0.6) is 11.5 Å². The van der Waals surface area contributed by atoms with Gasteiger partial charge in [-0.3, -0.25) is 0 Å². The smallest absolute Gasteiger partial charge is 0.137 e. The molecule has 0 saturated carbocycles. The molecule has 2 rings (SSSR count). The highest BCUT2D eigenvalue weighted by molar-refractivity contribution is 9.10. The number of halogens is 1. The third-order valence-corrected chi connectivity index (χ3v) is 4.65. The van der Waals surface area contributed by atoms with Crippen LogP contribution in [0.4, 0.5) is 0 Å². The van der Waals surface area contributed by atoms with Gasteiger partial charge in [-0.2, -0.15) is 0 Å². The molecule has 0 aliphatic heterocycles. The first-order valence-corrected chi connectivity index (χ1v) is 7.24. The molecule has 2 atom stereocenters. The molecule has 1 aromatic rings. The normalized spacial score (nSPS) is 23.0. The highest BCUT2D eigenvalue weighted by atomic mass is 79.9. The first-order valence-electron chi connectivity index (χ1n) is 6.44. The van der Waals surface area contributed by atoms with Gasteiger partial charge in [0.2, 0.25) is 0 Å². The minimum Gasteiger partial charge on any atom is -0.507 e. The Hall–Kier alpha value is -1.22. The summed E-state index contributed by atoms with van der Waals surface area (Å²) in [7, 11) is 0. The molecule has 0 heterocycles. The number of benzene rings is 1. The third kappa shape index (κ3) is 2.71. The van der Waals surface area contributed by atoms with Gasteiger partial charge >= 0.3 is 0 Å². The molecule has 2 nitrogen and oxygen atoms in total. The minimum absolute atomic E-state index is 0.0598. The lowest BCUT2D eigenvalue weighted by Crippen LogP contribution is -2.17. The molecule has 0 amide bonds. The van der Waals surface area contributed by atoms with E-state index in [1.807, 2.05) is 6.92 Å². The molecule has 1 aliphatic carbocycles. The predicted molar refractivity (Wildman–Crippen MR) is 81.5 cm³/mol. The molecule has 102 valence electrons. The van der Waals surface area contributed by atoms with E-state index in [4.69, 9.17) is 0 Å². The van der Waals surface area contributed by atoms with E-state index in [9.17, 15) is 10.2 Å². The fraction of sp³-hybridized carbons (Fsp3) is 0.375. The van der Waals surface area contributed by atoms with Crippen molar-refractivity contribution in [2.45, 2.75) is 32.6 Å². The van der Waals surface area contributed by atoms with Crippen molar-refractivity contribution in [1.82, 2.24) is 0 Å². The Morgan fingerprint density at radius 3 is 2.68 bits per heavy atom. The van der Waals surface area contributed by atoms with Gasteiger partial charge in [-0.05, 0) is 54.6 Å². The summed E-state index contributed by atoms with van der Waals surface area (Å²) >= 11 is 3.23. The molecule has 19 heavy (non-hydrogen) atoms. The summed E-state index contributed by atoms with van der Waals surface area (Å²) in [5.74, 6) is 0.654. The number of aromatic hydroxyl groups is 2. The zero-order valence-corrected chi connectivity index (χ0v) is 12.9. The van der Waals surface area contributed by atoms with E-state index in [0.29, 0.717) is 10.4 Å². The van der Waals surface area contributed by atoms with Crippen molar-refractivity contribution < 1.29 is 10.2 Å². The van der Waals surface area contributed by atoms with Crippen molar-refractivity contribution in [3.8, 4) is 11.5 Å². The zero-order valence-electron chi connectivity index (χ0n) is 11.3. The second-order valence-electron chi connectivity index (χ2n) is 5.37. The first kappa shape index (κ1) is 14.2. The number of rotatable bonds is 2. The lowest BCUT2D eigenvalue weighted by Gasteiger charge is -2.31. The molecule has 1 aromatic carbocycles. The molecule has 1 aliphatic rings. The second-order valence-corrected chi connectivity index (χ2v) is 6.16. The number of hydrogen-bond acceptors (Lipinski definition) is 2. The molecule has 2 unspecified atom stereocenters. The Morgan fingerprint density at radius 1 is 1.37 bits per heavy atom. The Labute approximate surface area is 122 Å². The highest BCUT2D eigenvalue weighted by Crippen LogP contribution is 2.46. The van der Waals surface area contributed by atoms with E-state index >= 15 is 0 Å². The van der Waals surface area contributed by atoms with Crippen molar-refractivity contribution in [1.29, 1.82) is 0 Å². The Bertz CT molecular complexity index is 546. The van der Waals surface area contributed by atoms with Crippen LogP contribution in [0.25, 0.3) is 0 Å². The van der Waals surface area contributed by atoms with Gasteiger partial charge in [0.05, 0.1) is 0 Å². The Morgan fingerprint density at radius 2 is 2.05 bits per heavy atom. The second kappa shape index (κ2) is 5.41. The van der Waals surface area contributed by atoms with Crippen LogP contribution in [0, 0.1) is 5.92 Å². The number of phenols is 2. The van der Waals surface area contributed by atoms with Gasteiger partial charge < -0.3 is 10.2 Å². The van der Waals surface area contributed by atoms with Crippen LogP contribution < -0.4 is 0 Å². The molecular weight excluding hydrogens is 304 g/mol. The van der Waals surface area contributed by atoms with Gasteiger partial charge in [-0.15, -0.1) is 0 Å². The SMILES string of the molecule is C=C(C)C1CCC(C)=CC1c1ccc(O)c(Br)c1O. The van der Waals surface area contributed by atoms with Crippen molar-refractivity contribution >= 4 is 15.9 Å². The van der Waals surface area contributed by atoms with E-state index in [0.717, 1.165) is 24.0 Å². The van der Waals surface area contributed by atoms with Crippen LogP contribution in [-0.4, -0.2) is 10.2 Å². The van der Waals surface area contributed by atoms with Gasteiger partial charge in [0.25, 0.3) is 0 Å². The molecular formula is C16H19BrO2. The molecule has 3 heteroatoms. The number of hydrogen-bond donors (Lipinski definition) is 2. The first-order chi connectivity index (χ1) is 8.91. The van der Waals surface area contributed by atoms with Gasteiger partial charge in [0, 0.05) is 11.5 Å². The van der Waals surface area contributed by atoms with Gasteiger partial charge in [0.15, 0.2) is 0 Å². The molecule has 0 radical (unpaired) electrons. The summed E-state index contributed by atoms with van der Waals surface area (Å²) in [6.07, 6.45) is 4.34. The molecule has 0 saturated heterocycles. The van der Waals surface area contributed by atoms with E-state index < -0.39 is 0 Å². The van der Waals surface area contributed by atoms with E-state index in [1.54, 1.807) is 12.1 Å². The third-order valence-electron chi connectivity index (χ3n) is 3.87. The zero-order chi connectivity index (χ0) is 14.2. The monoisotopic (exact) mass is 322 g/mol.